The van der Waals surface area contributed by atoms with Gasteiger partial charge in [0.1, 0.15) is 0 Å². The lowest BCUT2D eigenvalue weighted by Gasteiger charge is -2.38. The third-order valence-corrected chi connectivity index (χ3v) is 2.78. The van der Waals surface area contributed by atoms with E-state index in [0.29, 0.717) is 0 Å². The minimum Gasteiger partial charge on any atom is -0.204 e. The van der Waals surface area contributed by atoms with Gasteiger partial charge in [0.05, 0.1) is 0 Å². The average molecular weight is 368 g/mol. The van der Waals surface area contributed by atoms with Crippen molar-refractivity contribution >= 4 is 0 Å². The molecular formula is C10HF13. The van der Waals surface area contributed by atoms with Gasteiger partial charge in [-0.05, 0) is 6.07 Å². The van der Waals surface area contributed by atoms with Crippen LogP contribution in [-0.2, 0) is 5.41 Å². The number of hydrogen-bond donors (Lipinski definition) is 0. The van der Waals surface area contributed by atoms with Crippen LogP contribution < -0.4 is 0 Å². The molecule has 1 rings (SSSR count). The third-order valence-electron chi connectivity index (χ3n) is 2.78. The van der Waals surface area contributed by atoms with Gasteiger partial charge in [-0.25, -0.2) is 17.6 Å². The van der Waals surface area contributed by atoms with Crippen molar-refractivity contribution in [2.45, 2.75) is 23.9 Å². The van der Waals surface area contributed by atoms with Gasteiger partial charge in [-0.1, -0.05) is 0 Å². The number of rotatable bonds is 1. The second-order valence-corrected chi connectivity index (χ2v) is 4.09. The quantitative estimate of drug-likeness (QED) is 0.365. The highest BCUT2D eigenvalue weighted by atomic mass is 19.4. The fourth-order valence-electron chi connectivity index (χ4n) is 1.79. The molecule has 0 aliphatic carbocycles. The lowest BCUT2D eigenvalue weighted by Crippen LogP contribution is -2.63. The molecular weight excluding hydrogens is 367 g/mol. The Hall–Kier alpha value is -1.69. The summed E-state index contributed by atoms with van der Waals surface area (Å²) >= 11 is 0. The molecule has 0 unspecified atom stereocenters. The molecule has 0 aromatic heterocycles. The zero-order valence-electron chi connectivity index (χ0n) is 9.99. The van der Waals surface area contributed by atoms with Crippen molar-refractivity contribution in [2.75, 3.05) is 0 Å². The summed E-state index contributed by atoms with van der Waals surface area (Å²) in [5.41, 5.74) is -10.4. The highest BCUT2D eigenvalue weighted by molar-refractivity contribution is 5.36. The Balaban J connectivity index is 4.11. The van der Waals surface area contributed by atoms with Crippen LogP contribution in [0.25, 0.3) is 0 Å². The first-order valence-corrected chi connectivity index (χ1v) is 5.03. The molecule has 0 saturated carbocycles. The van der Waals surface area contributed by atoms with E-state index in [4.69, 9.17) is 0 Å². The van der Waals surface area contributed by atoms with Gasteiger partial charge in [0.25, 0.3) is 5.41 Å². The van der Waals surface area contributed by atoms with Crippen LogP contribution in [0.3, 0.4) is 0 Å². The summed E-state index contributed by atoms with van der Waals surface area (Å²) in [4.78, 5) is 0. The minimum absolute atomic E-state index is 1.33. The molecule has 0 fully saturated rings. The molecule has 1 aromatic rings. The van der Waals surface area contributed by atoms with Crippen molar-refractivity contribution < 1.29 is 57.1 Å². The maximum Gasteiger partial charge on any atom is 0.416 e. The standard InChI is InChI=1S/C10HF13/c11-3-1-2(4(12)6(14)5(3)13)7(8(15,16)17,9(18,19)20)10(21,22)23/h1H. The van der Waals surface area contributed by atoms with E-state index in [0.717, 1.165) is 0 Å². The van der Waals surface area contributed by atoms with E-state index in [9.17, 15) is 57.1 Å². The Kier molecular flexibility index (Phi) is 4.34. The van der Waals surface area contributed by atoms with E-state index in [2.05, 4.69) is 0 Å². The molecule has 0 radical (unpaired) electrons. The number of hydrogen-bond acceptors (Lipinski definition) is 0. The number of alkyl halides is 9. The molecule has 0 atom stereocenters. The number of halogens is 13. The Morgan fingerprint density at radius 3 is 1.17 bits per heavy atom. The van der Waals surface area contributed by atoms with Crippen molar-refractivity contribution in [3.8, 4) is 0 Å². The van der Waals surface area contributed by atoms with Gasteiger partial charge in [-0.3, -0.25) is 0 Å². The molecule has 132 valence electrons. The predicted octanol–water partition coefficient (Wildman–Crippen LogP) is 5.17. The van der Waals surface area contributed by atoms with Crippen molar-refractivity contribution in [2.24, 2.45) is 0 Å². The first kappa shape index (κ1) is 19.4. The second kappa shape index (κ2) is 5.16. The predicted molar refractivity (Wildman–Crippen MR) is 46.1 cm³/mol. The summed E-state index contributed by atoms with van der Waals surface area (Å²) in [6.45, 7) is 0. The monoisotopic (exact) mass is 368 g/mol. The highest BCUT2D eigenvalue weighted by Crippen LogP contribution is 2.61. The Morgan fingerprint density at radius 1 is 0.522 bits per heavy atom. The van der Waals surface area contributed by atoms with Gasteiger partial charge < -0.3 is 0 Å². The normalized spacial score (nSPS) is 14.3. The highest BCUT2D eigenvalue weighted by Gasteiger charge is 2.85. The summed E-state index contributed by atoms with van der Waals surface area (Å²) in [6, 6.07) is -1.33. The van der Waals surface area contributed by atoms with Gasteiger partial charge in [-0.15, -0.1) is 0 Å². The Morgan fingerprint density at radius 2 is 0.870 bits per heavy atom. The van der Waals surface area contributed by atoms with Crippen LogP contribution in [-0.4, -0.2) is 18.5 Å². The molecule has 0 amide bonds. The maximum atomic E-state index is 13.2. The largest absolute Gasteiger partial charge is 0.416 e. The minimum atomic E-state index is -7.29. The average Bonchev–Trinajstić information content (AvgIpc) is 2.28. The molecule has 0 bridgehead atoms. The van der Waals surface area contributed by atoms with Crippen LogP contribution in [0.2, 0.25) is 0 Å². The van der Waals surface area contributed by atoms with Gasteiger partial charge >= 0.3 is 18.5 Å². The molecule has 0 N–H and O–H groups in total. The fraction of sp³-hybridized carbons (Fsp3) is 0.400. The summed E-state index contributed by atoms with van der Waals surface area (Å²) < 4.78 is 165. The summed E-state index contributed by atoms with van der Waals surface area (Å²) in [6.07, 6.45) is -21.9. The van der Waals surface area contributed by atoms with Crippen LogP contribution >= 0.6 is 0 Å². The first-order valence-electron chi connectivity index (χ1n) is 5.03. The second-order valence-electron chi connectivity index (χ2n) is 4.09. The van der Waals surface area contributed by atoms with Crippen molar-refractivity contribution in [3.63, 3.8) is 0 Å². The third kappa shape index (κ3) is 2.59. The van der Waals surface area contributed by atoms with Crippen LogP contribution in [0.4, 0.5) is 57.1 Å². The van der Waals surface area contributed by atoms with E-state index < -0.39 is 58.8 Å². The van der Waals surface area contributed by atoms with Crippen LogP contribution in [0.1, 0.15) is 5.56 Å². The van der Waals surface area contributed by atoms with Crippen molar-refractivity contribution in [1.82, 2.24) is 0 Å². The van der Waals surface area contributed by atoms with Crippen LogP contribution in [0, 0.1) is 23.3 Å². The van der Waals surface area contributed by atoms with E-state index in [1.807, 2.05) is 0 Å². The van der Waals surface area contributed by atoms with Crippen LogP contribution in [0.15, 0.2) is 6.07 Å². The van der Waals surface area contributed by atoms with Crippen LogP contribution in [0.5, 0.6) is 0 Å². The molecule has 1 aromatic carbocycles. The Bertz CT molecular complexity index is 567. The fourth-order valence-corrected chi connectivity index (χ4v) is 1.79. The molecule has 0 aliphatic heterocycles. The van der Waals surface area contributed by atoms with Gasteiger partial charge in [0.15, 0.2) is 23.3 Å². The first-order chi connectivity index (χ1) is 10.00. The van der Waals surface area contributed by atoms with Gasteiger partial charge in [-0.2, -0.15) is 39.5 Å². The van der Waals surface area contributed by atoms with Crippen molar-refractivity contribution in [1.29, 1.82) is 0 Å². The molecule has 0 spiro atoms. The molecule has 0 nitrogen and oxygen atoms in total. The maximum absolute atomic E-state index is 13.2. The zero-order chi connectivity index (χ0) is 18.6. The smallest absolute Gasteiger partial charge is 0.204 e. The van der Waals surface area contributed by atoms with E-state index in [-0.39, 0.29) is 0 Å². The van der Waals surface area contributed by atoms with E-state index in [1.165, 1.54) is 0 Å². The summed E-state index contributed by atoms with van der Waals surface area (Å²) in [5.74, 6) is -12.4. The number of benzene rings is 1. The molecule has 13 heteroatoms. The van der Waals surface area contributed by atoms with E-state index in [1.54, 1.807) is 0 Å². The van der Waals surface area contributed by atoms with Gasteiger partial charge in [0.2, 0.25) is 0 Å². The SMILES string of the molecule is Fc1cc(C(C(F)(F)F)(C(F)(F)F)C(F)(F)F)c(F)c(F)c1F. The van der Waals surface area contributed by atoms with E-state index >= 15 is 0 Å². The van der Waals surface area contributed by atoms with Gasteiger partial charge in [0, 0.05) is 5.56 Å². The Labute approximate surface area is 117 Å². The molecule has 0 aliphatic rings. The lowest BCUT2D eigenvalue weighted by atomic mass is 9.77. The zero-order valence-corrected chi connectivity index (χ0v) is 9.99. The summed E-state index contributed by atoms with van der Waals surface area (Å²) in [5, 5.41) is 0. The molecule has 0 heterocycles. The topological polar surface area (TPSA) is 0 Å². The van der Waals surface area contributed by atoms with Crippen molar-refractivity contribution in [3.05, 3.63) is 34.9 Å². The lowest BCUT2D eigenvalue weighted by molar-refractivity contribution is -0.388. The molecule has 23 heavy (non-hydrogen) atoms. The molecule has 0 saturated heterocycles. The summed E-state index contributed by atoms with van der Waals surface area (Å²) in [7, 11) is 0.